The van der Waals surface area contributed by atoms with E-state index in [-0.39, 0.29) is 5.91 Å². The number of nitrogens with zero attached hydrogens (tertiary/aromatic N) is 1. The van der Waals surface area contributed by atoms with Gasteiger partial charge in [-0.2, -0.15) is 0 Å². The van der Waals surface area contributed by atoms with Crippen LogP contribution in [0.15, 0.2) is 30.3 Å². The Labute approximate surface area is 117 Å². The molecule has 0 atom stereocenters. The van der Waals surface area contributed by atoms with E-state index in [0.717, 1.165) is 19.5 Å². The number of aryl methyl sites for hydroxylation is 1. The summed E-state index contributed by atoms with van der Waals surface area (Å²) in [6, 6.07) is 10.5. The van der Waals surface area contributed by atoms with Gasteiger partial charge in [0, 0.05) is 20.0 Å². The van der Waals surface area contributed by atoms with Crippen molar-refractivity contribution in [3.8, 4) is 0 Å². The highest BCUT2D eigenvalue weighted by Crippen LogP contribution is 1.97. The molecule has 0 unspecified atom stereocenters. The first-order valence-corrected chi connectivity index (χ1v) is 7.11. The van der Waals surface area contributed by atoms with Crippen LogP contribution in [0.25, 0.3) is 0 Å². The quantitative estimate of drug-likeness (QED) is 0.780. The lowest BCUT2D eigenvalue weighted by molar-refractivity contribution is -0.132. The lowest BCUT2D eigenvalue weighted by atomic mass is 10.2. The number of amides is 1. The van der Waals surface area contributed by atoms with E-state index >= 15 is 0 Å². The summed E-state index contributed by atoms with van der Waals surface area (Å²) >= 11 is 0. The van der Waals surface area contributed by atoms with E-state index in [0.29, 0.717) is 13.2 Å². The van der Waals surface area contributed by atoms with Crippen LogP contribution < -0.4 is 0 Å². The SMILES string of the molecule is CC.CC(=O)N1CCOCC1.CCc1ccccc1. The summed E-state index contributed by atoms with van der Waals surface area (Å²) in [5.74, 6) is 0.151. The molecule has 1 aromatic carbocycles. The molecular formula is C16H27NO2. The number of carbonyl (C=O) groups excluding carboxylic acids is 1. The third-order valence-electron chi connectivity index (χ3n) is 2.71. The van der Waals surface area contributed by atoms with Crippen LogP contribution in [0.4, 0.5) is 0 Å². The van der Waals surface area contributed by atoms with Gasteiger partial charge in [-0.25, -0.2) is 0 Å². The minimum atomic E-state index is 0.151. The van der Waals surface area contributed by atoms with Gasteiger partial charge in [0.05, 0.1) is 13.2 Å². The summed E-state index contributed by atoms with van der Waals surface area (Å²) in [4.78, 5) is 12.5. The Morgan fingerprint density at radius 1 is 1.16 bits per heavy atom. The average molecular weight is 265 g/mol. The molecule has 1 aliphatic rings. The molecule has 0 spiro atoms. The first kappa shape index (κ1) is 17.6. The molecule has 19 heavy (non-hydrogen) atoms. The smallest absolute Gasteiger partial charge is 0.219 e. The van der Waals surface area contributed by atoms with Gasteiger partial charge in [0.2, 0.25) is 5.91 Å². The lowest BCUT2D eigenvalue weighted by Crippen LogP contribution is -2.39. The summed E-state index contributed by atoms with van der Waals surface area (Å²) in [6.07, 6.45) is 1.14. The van der Waals surface area contributed by atoms with Gasteiger partial charge in [0.15, 0.2) is 0 Å². The van der Waals surface area contributed by atoms with Crippen molar-refractivity contribution >= 4 is 5.91 Å². The summed E-state index contributed by atoms with van der Waals surface area (Å²) in [5.41, 5.74) is 1.41. The maximum absolute atomic E-state index is 10.7. The molecule has 0 saturated carbocycles. The number of hydrogen-bond donors (Lipinski definition) is 0. The van der Waals surface area contributed by atoms with Gasteiger partial charge in [-0.3, -0.25) is 4.79 Å². The second-order valence-electron chi connectivity index (χ2n) is 3.96. The van der Waals surface area contributed by atoms with Crippen LogP contribution in [0, 0.1) is 0 Å². The predicted octanol–water partition coefficient (Wildman–Crippen LogP) is 3.14. The van der Waals surface area contributed by atoms with Crippen LogP contribution in [-0.2, 0) is 16.0 Å². The summed E-state index contributed by atoms with van der Waals surface area (Å²) < 4.78 is 5.06. The third kappa shape index (κ3) is 8.38. The number of hydrogen-bond acceptors (Lipinski definition) is 2. The van der Waals surface area contributed by atoms with E-state index in [2.05, 4.69) is 31.2 Å². The molecule has 1 heterocycles. The van der Waals surface area contributed by atoms with Gasteiger partial charge in [-0.15, -0.1) is 0 Å². The van der Waals surface area contributed by atoms with Crippen LogP contribution in [0.3, 0.4) is 0 Å². The highest BCUT2D eigenvalue weighted by molar-refractivity contribution is 5.73. The number of benzene rings is 1. The topological polar surface area (TPSA) is 29.5 Å². The van der Waals surface area contributed by atoms with E-state index in [4.69, 9.17) is 4.74 Å². The maximum atomic E-state index is 10.7. The molecule has 0 aliphatic carbocycles. The van der Waals surface area contributed by atoms with Crippen LogP contribution in [0.1, 0.15) is 33.3 Å². The minimum Gasteiger partial charge on any atom is -0.378 e. The molecule has 3 nitrogen and oxygen atoms in total. The van der Waals surface area contributed by atoms with Crippen molar-refractivity contribution in [2.45, 2.75) is 34.1 Å². The van der Waals surface area contributed by atoms with Crippen LogP contribution in [0.5, 0.6) is 0 Å². The van der Waals surface area contributed by atoms with Gasteiger partial charge >= 0.3 is 0 Å². The van der Waals surface area contributed by atoms with E-state index in [9.17, 15) is 4.79 Å². The van der Waals surface area contributed by atoms with E-state index in [1.165, 1.54) is 5.56 Å². The van der Waals surface area contributed by atoms with Gasteiger partial charge in [-0.05, 0) is 12.0 Å². The second-order valence-corrected chi connectivity index (χ2v) is 3.96. The molecular weight excluding hydrogens is 238 g/mol. The zero-order valence-corrected chi connectivity index (χ0v) is 12.7. The molecule has 1 aliphatic heterocycles. The second kappa shape index (κ2) is 11.7. The van der Waals surface area contributed by atoms with Crippen molar-refractivity contribution in [3.63, 3.8) is 0 Å². The van der Waals surface area contributed by atoms with Crippen molar-refractivity contribution in [1.29, 1.82) is 0 Å². The Hall–Kier alpha value is -1.35. The molecule has 1 saturated heterocycles. The van der Waals surface area contributed by atoms with Crippen LogP contribution in [-0.4, -0.2) is 37.1 Å². The third-order valence-corrected chi connectivity index (χ3v) is 2.71. The number of carbonyl (C=O) groups is 1. The van der Waals surface area contributed by atoms with E-state index in [1.807, 2.05) is 19.9 Å². The molecule has 1 aromatic rings. The van der Waals surface area contributed by atoms with Crippen molar-refractivity contribution < 1.29 is 9.53 Å². The standard InChI is InChI=1S/C8H10.C6H11NO2.C2H6/c1-2-8-6-4-3-5-7-8;1-6(8)7-2-4-9-5-3-7;1-2/h3-7H,2H2,1H3;2-5H2,1H3;1-2H3. The number of rotatable bonds is 1. The summed E-state index contributed by atoms with van der Waals surface area (Å²) in [6.45, 7) is 10.7. The molecule has 1 fully saturated rings. The Balaban J connectivity index is 0.000000303. The first-order valence-electron chi connectivity index (χ1n) is 7.11. The zero-order chi connectivity index (χ0) is 14.5. The molecule has 2 rings (SSSR count). The molecule has 0 radical (unpaired) electrons. The molecule has 0 bridgehead atoms. The van der Waals surface area contributed by atoms with E-state index < -0.39 is 0 Å². The fourth-order valence-corrected chi connectivity index (χ4v) is 1.59. The Kier molecular flexibility index (Phi) is 10.9. The zero-order valence-electron chi connectivity index (χ0n) is 12.7. The minimum absolute atomic E-state index is 0.151. The molecule has 0 N–H and O–H groups in total. The average Bonchev–Trinajstić information content (AvgIpc) is 2.51. The molecule has 1 amide bonds. The monoisotopic (exact) mass is 265 g/mol. The van der Waals surface area contributed by atoms with Gasteiger partial charge in [0.25, 0.3) is 0 Å². The highest BCUT2D eigenvalue weighted by atomic mass is 16.5. The van der Waals surface area contributed by atoms with Crippen molar-refractivity contribution in [1.82, 2.24) is 4.90 Å². The van der Waals surface area contributed by atoms with Gasteiger partial charge in [0.1, 0.15) is 0 Å². The van der Waals surface area contributed by atoms with Gasteiger partial charge < -0.3 is 9.64 Å². The van der Waals surface area contributed by atoms with Crippen molar-refractivity contribution in [2.75, 3.05) is 26.3 Å². The van der Waals surface area contributed by atoms with Crippen molar-refractivity contribution in [3.05, 3.63) is 35.9 Å². The lowest BCUT2D eigenvalue weighted by Gasteiger charge is -2.25. The summed E-state index contributed by atoms with van der Waals surface area (Å²) in [7, 11) is 0. The fraction of sp³-hybridized carbons (Fsp3) is 0.562. The summed E-state index contributed by atoms with van der Waals surface area (Å²) in [5, 5.41) is 0. The maximum Gasteiger partial charge on any atom is 0.219 e. The molecule has 0 aromatic heterocycles. The number of morpholine rings is 1. The van der Waals surface area contributed by atoms with Crippen LogP contribution in [0.2, 0.25) is 0 Å². The predicted molar refractivity (Wildman–Crippen MR) is 80.2 cm³/mol. The largest absolute Gasteiger partial charge is 0.378 e. The van der Waals surface area contributed by atoms with Crippen LogP contribution >= 0.6 is 0 Å². The molecule has 108 valence electrons. The fourth-order valence-electron chi connectivity index (χ4n) is 1.59. The van der Waals surface area contributed by atoms with E-state index in [1.54, 1.807) is 11.8 Å². The van der Waals surface area contributed by atoms with Gasteiger partial charge in [-0.1, -0.05) is 51.1 Å². The Morgan fingerprint density at radius 2 is 1.68 bits per heavy atom. The normalized spacial score (nSPS) is 13.6. The Morgan fingerprint density at radius 3 is 2.00 bits per heavy atom. The molecule has 3 heteroatoms. The number of ether oxygens (including phenoxy) is 1. The Bertz CT molecular complexity index is 319. The highest BCUT2D eigenvalue weighted by Gasteiger charge is 2.11. The van der Waals surface area contributed by atoms with Crippen molar-refractivity contribution in [2.24, 2.45) is 0 Å². The first-order chi connectivity index (χ1) is 9.24.